The molecule has 3 heteroatoms. The number of fused-ring (bicyclic) bond motifs is 1. The van der Waals surface area contributed by atoms with Crippen LogP contribution in [0.15, 0.2) is 40.9 Å². The van der Waals surface area contributed by atoms with Gasteiger partial charge in [0, 0.05) is 35.2 Å². The van der Waals surface area contributed by atoms with E-state index >= 15 is 0 Å². The van der Waals surface area contributed by atoms with Crippen LogP contribution in [-0.4, -0.2) is 4.98 Å². The normalized spacial score (nSPS) is 12.9. The molecule has 0 bridgehead atoms. The van der Waals surface area contributed by atoms with Gasteiger partial charge < -0.3 is 14.7 Å². The van der Waals surface area contributed by atoms with Crippen molar-refractivity contribution < 1.29 is 4.42 Å². The van der Waals surface area contributed by atoms with Crippen LogP contribution in [0, 0.1) is 13.8 Å². The van der Waals surface area contributed by atoms with Crippen molar-refractivity contribution in [3.8, 4) is 0 Å². The van der Waals surface area contributed by atoms with Crippen LogP contribution in [0.5, 0.6) is 0 Å². The molecule has 1 atom stereocenters. The maximum absolute atomic E-state index is 5.60. The van der Waals surface area contributed by atoms with E-state index in [1.165, 1.54) is 22.0 Å². The largest absolute Gasteiger partial charge is 0.466 e. The molecule has 0 aliphatic carbocycles. The minimum absolute atomic E-state index is 0.279. The van der Waals surface area contributed by atoms with E-state index in [1.807, 2.05) is 20.0 Å². The smallest absolute Gasteiger partial charge is 0.105 e. The Morgan fingerprint density at radius 3 is 2.85 bits per heavy atom. The van der Waals surface area contributed by atoms with E-state index < -0.39 is 0 Å². The molecule has 3 aromatic rings. The van der Waals surface area contributed by atoms with Gasteiger partial charge in [0.2, 0.25) is 0 Å². The average molecular weight is 268 g/mol. The molecular weight excluding hydrogens is 248 g/mol. The van der Waals surface area contributed by atoms with E-state index in [1.54, 1.807) is 0 Å². The first kappa shape index (κ1) is 13.0. The summed E-state index contributed by atoms with van der Waals surface area (Å²) >= 11 is 0. The maximum atomic E-state index is 5.60. The zero-order valence-corrected chi connectivity index (χ0v) is 12.2. The van der Waals surface area contributed by atoms with Crippen molar-refractivity contribution in [3.05, 3.63) is 59.2 Å². The highest BCUT2D eigenvalue weighted by Gasteiger charge is 2.12. The predicted molar refractivity (Wildman–Crippen MR) is 81.7 cm³/mol. The van der Waals surface area contributed by atoms with Gasteiger partial charge in [-0.3, -0.25) is 0 Å². The molecule has 2 aromatic heterocycles. The molecule has 0 aliphatic rings. The third-order valence-electron chi connectivity index (χ3n) is 3.83. The van der Waals surface area contributed by atoms with Gasteiger partial charge in [-0.05, 0) is 44.5 Å². The second kappa shape index (κ2) is 5.17. The van der Waals surface area contributed by atoms with Gasteiger partial charge in [-0.2, -0.15) is 0 Å². The standard InChI is InChI=1S/C17H20N2O/c1-11-9-16(13(3)20-11)12(2)19-10-14-5-4-6-17-15(14)7-8-18-17/h4-9,12,18-19H,10H2,1-3H3. The number of aromatic amines is 1. The zero-order chi connectivity index (χ0) is 14.1. The summed E-state index contributed by atoms with van der Waals surface area (Å²) in [5.74, 6) is 1.97. The Labute approximate surface area is 119 Å². The first-order valence-electron chi connectivity index (χ1n) is 7.00. The van der Waals surface area contributed by atoms with Crippen LogP contribution < -0.4 is 5.32 Å². The van der Waals surface area contributed by atoms with Crippen LogP contribution in [0.3, 0.4) is 0 Å². The summed E-state index contributed by atoms with van der Waals surface area (Å²) < 4.78 is 5.60. The highest BCUT2D eigenvalue weighted by Crippen LogP contribution is 2.23. The van der Waals surface area contributed by atoms with Gasteiger partial charge >= 0.3 is 0 Å². The Kier molecular flexibility index (Phi) is 3.36. The molecule has 1 aromatic carbocycles. The van der Waals surface area contributed by atoms with Crippen LogP contribution in [0.4, 0.5) is 0 Å². The second-order valence-electron chi connectivity index (χ2n) is 5.33. The molecule has 0 spiro atoms. The van der Waals surface area contributed by atoms with E-state index in [-0.39, 0.29) is 6.04 Å². The summed E-state index contributed by atoms with van der Waals surface area (Å²) in [6.45, 7) is 7.03. The summed E-state index contributed by atoms with van der Waals surface area (Å²) in [6.07, 6.45) is 1.99. The lowest BCUT2D eigenvalue weighted by Gasteiger charge is -2.13. The zero-order valence-electron chi connectivity index (χ0n) is 12.2. The van der Waals surface area contributed by atoms with Gasteiger partial charge in [0.15, 0.2) is 0 Å². The van der Waals surface area contributed by atoms with Crippen LogP contribution in [0.25, 0.3) is 10.9 Å². The van der Waals surface area contributed by atoms with Gasteiger partial charge in [-0.15, -0.1) is 0 Å². The van der Waals surface area contributed by atoms with Crippen molar-refractivity contribution in [2.45, 2.75) is 33.4 Å². The summed E-state index contributed by atoms with van der Waals surface area (Å²) in [5, 5.41) is 4.86. The number of aryl methyl sites for hydroxylation is 2. The summed E-state index contributed by atoms with van der Waals surface area (Å²) in [4.78, 5) is 3.25. The van der Waals surface area contributed by atoms with Crippen molar-refractivity contribution in [2.24, 2.45) is 0 Å². The van der Waals surface area contributed by atoms with Crippen LogP contribution >= 0.6 is 0 Å². The molecule has 3 rings (SSSR count). The molecule has 0 amide bonds. The number of hydrogen-bond acceptors (Lipinski definition) is 2. The minimum Gasteiger partial charge on any atom is -0.466 e. The van der Waals surface area contributed by atoms with Crippen LogP contribution in [-0.2, 0) is 6.54 Å². The van der Waals surface area contributed by atoms with Gasteiger partial charge in [0.1, 0.15) is 11.5 Å². The maximum Gasteiger partial charge on any atom is 0.105 e. The van der Waals surface area contributed by atoms with Gasteiger partial charge in [0.25, 0.3) is 0 Å². The fraction of sp³-hybridized carbons (Fsp3) is 0.294. The molecule has 2 N–H and O–H groups in total. The molecular formula is C17H20N2O. The lowest BCUT2D eigenvalue weighted by molar-refractivity contribution is 0.490. The number of benzene rings is 1. The Balaban J connectivity index is 1.76. The Bertz CT molecular complexity index is 724. The van der Waals surface area contributed by atoms with E-state index in [9.17, 15) is 0 Å². The molecule has 0 saturated heterocycles. The molecule has 1 unspecified atom stereocenters. The molecule has 104 valence electrons. The number of H-pyrrole nitrogens is 1. The quantitative estimate of drug-likeness (QED) is 0.743. The Morgan fingerprint density at radius 2 is 2.10 bits per heavy atom. The van der Waals surface area contributed by atoms with E-state index in [0.29, 0.717) is 0 Å². The third kappa shape index (κ3) is 2.37. The lowest BCUT2D eigenvalue weighted by Crippen LogP contribution is -2.18. The fourth-order valence-electron chi connectivity index (χ4n) is 2.76. The highest BCUT2D eigenvalue weighted by atomic mass is 16.3. The molecule has 0 radical (unpaired) electrons. The van der Waals surface area contributed by atoms with Crippen LogP contribution in [0.1, 0.15) is 35.6 Å². The van der Waals surface area contributed by atoms with E-state index in [0.717, 1.165) is 18.1 Å². The summed E-state index contributed by atoms with van der Waals surface area (Å²) in [6, 6.07) is 10.9. The van der Waals surface area contributed by atoms with Gasteiger partial charge in [-0.1, -0.05) is 12.1 Å². The van der Waals surface area contributed by atoms with E-state index in [4.69, 9.17) is 4.42 Å². The number of nitrogens with one attached hydrogen (secondary N) is 2. The lowest BCUT2D eigenvalue weighted by atomic mass is 10.1. The Hall–Kier alpha value is -2.00. The predicted octanol–water partition coefficient (Wildman–Crippen LogP) is 4.23. The van der Waals surface area contributed by atoms with E-state index in [2.05, 4.69) is 47.6 Å². The van der Waals surface area contributed by atoms with Crippen molar-refractivity contribution in [3.63, 3.8) is 0 Å². The van der Waals surface area contributed by atoms with Gasteiger partial charge in [-0.25, -0.2) is 0 Å². The molecule has 2 heterocycles. The topological polar surface area (TPSA) is 41.0 Å². The summed E-state index contributed by atoms with van der Waals surface area (Å²) in [5.41, 5.74) is 3.74. The number of furan rings is 1. The van der Waals surface area contributed by atoms with Crippen molar-refractivity contribution >= 4 is 10.9 Å². The molecule has 3 nitrogen and oxygen atoms in total. The first-order chi connectivity index (χ1) is 9.65. The van der Waals surface area contributed by atoms with Crippen molar-refractivity contribution in [1.29, 1.82) is 0 Å². The average Bonchev–Trinajstić information content (AvgIpc) is 3.02. The molecule has 0 saturated carbocycles. The SMILES string of the molecule is Cc1cc(C(C)NCc2cccc3[nH]ccc23)c(C)o1. The van der Waals surface area contributed by atoms with Crippen molar-refractivity contribution in [2.75, 3.05) is 0 Å². The third-order valence-corrected chi connectivity index (χ3v) is 3.83. The second-order valence-corrected chi connectivity index (χ2v) is 5.33. The van der Waals surface area contributed by atoms with Crippen LogP contribution in [0.2, 0.25) is 0 Å². The fourth-order valence-corrected chi connectivity index (χ4v) is 2.76. The molecule has 0 fully saturated rings. The Morgan fingerprint density at radius 1 is 1.25 bits per heavy atom. The van der Waals surface area contributed by atoms with Gasteiger partial charge in [0.05, 0.1) is 0 Å². The first-order valence-corrected chi connectivity index (χ1v) is 7.00. The monoisotopic (exact) mass is 268 g/mol. The molecule has 20 heavy (non-hydrogen) atoms. The number of rotatable bonds is 4. The molecule has 0 aliphatic heterocycles. The minimum atomic E-state index is 0.279. The number of aromatic nitrogens is 1. The highest BCUT2D eigenvalue weighted by molar-refractivity contribution is 5.82. The summed E-state index contributed by atoms with van der Waals surface area (Å²) in [7, 11) is 0. The number of hydrogen-bond donors (Lipinski definition) is 2. The van der Waals surface area contributed by atoms with Crippen molar-refractivity contribution in [1.82, 2.24) is 10.3 Å².